The fourth-order valence-electron chi connectivity index (χ4n) is 1.63. The topological polar surface area (TPSA) is 47.6 Å². The van der Waals surface area contributed by atoms with E-state index in [0.29, 0.717) is 24.5 Å². The van der Waals surface area contributed by atoms with Gasteiger partial charge >= 0.3 is 0 Å². The molecule has 0 bridgehead atoms. The zero-order valence-corrected chi connectivity index (χ0v) is 13.7. The molecule has 0 saturated carbocycles. The van der Waals surface area contributed by atoms with E-state index >= 15 is 0 Å². The maximum atomic E-state index is 12.0. The van der Waals surface area contributed by atoms with Crippen LogP contribution in [0.25, 0.3) is 0 Å². The molecule has 1 amide bonds. The second-order valence-corrected chi connectivity index (χ2v) is 5.28. The molecule has 0 aliphatic rings. The molecule has 1 N–H and O–H groups in total. The summed E-state index contributed by atoms with van der Waals surface area (Å²) in [5.74, 6) is 0.561. The molecule has 1 rings (SSSR count). The van der Waals surface area contributed by atoms with E-state index in [1.165, 1.54) is 0 Å². The first-order valence-electron chi connectivity index (χ1n) is 6.88. The number of rotatable bonds is 9. The van der Waals surface area contributed by atoms with Crippen molar-refractivity contribution >= 4 is 21.8 Å². The van der Waals surface area contributed by atoms with Gasteiger partial charge in [0.1, 0.15) is 5.75 Å². The highest BCUT2D eigenvalue weighted by atomic mass is 79.9. The molecule has 0 radical (unpaired) electrons. The van der Waals surface area contributed by atoms with Gasteiger partial charge in [-0.05, 0) is 47.0 Å². The molecule has 5 heteroatoms. The van der Waals surface area contributed by atoms with E-state index in [9.17, 15) is 4.79 Å². The number of carbonyl (C=O) groups is 1. The van der Waals surface area contributed by atoms with Gasteiger partial charge in [-0.3, -0.25) is 4.79 Å². The van der Waals surface area contributed by atoms with Crippen molar-refractivity contribution in [2.45, 2.75) is 26.2 Å². The summed E-state index contributed by atoms with van der Waals surface area (Å²) in [5.41, 5.74) is 0.580. The standard InChI is InChI=1S/C15H22BrNO3/c1-3-4-9-20-10-5-8-17-15(18)13-11-12(19-2)6-7-14(13)16/h6-7,11H,3-5,8-10H2,1-2H3,(H,17,18). The summed E-state index contributed by atoms with van der Waals surface area (Å²) >= 11 is 3.37. The number of unbranched alkanes of at least 4 members (excludes halogenated alkanes) is 1. The molecule has 1 aromatic rings. The molecule has 0 aliphatic heterocycles. The number of benzene rings is 1. The van der Waals surface area contributed by atoms with Crippen molar-refractivity contribution in [2.24, 2.45) is 0 Å². The monoisotopic (exact) mass is 343 g/mol. The summed E-state index contributed by atoms with van der Waals surface area (Å²) in [6.07, 6.45) is 3.04. The predicted molar refractivity (Wildman–Crippen MR) is 83.4 cm³/mol. The molecular formula is C15H22BrNO3. The maximum absolute atomic E-state index is 12.0. The van der Waals surface area contributed by atoms with Crippen LogP contribution in [0.1, 0.15) is 36.5 Å². The molecule has 0 atom stereocenters. The summed E-state index contributed by atoms with van der Waals surface area (Å²) < 4.78 is 11.3. The van der Waals surface area contributed by atoms with Gasteiger partial charge in [0.05, 0.1) is 12.7 Å². The number of ether oxygens (including phenoxy) is 2. The van der Waals surface area contributed by atoms with Crippen LogP contribution in [0.5, 0.6) is 5.75 Å². The van der Waals surface area contributed by atoms with Gasteiger partial charge in [-0.15, -0.1) is 0 Å². The van der Waals surface area contributed by atoms with Gasteiger partial charge in [0.2, 0.25) is 0 Å². The van der Waals surface area contributed by atoms with Crippen molar-refractivity contribution < 1.29 is 14.3 Å². The zero-order valence-electron chi connectivity index (χ0n) is 12.1. The van der Waals surface area contributed by atoms with Crippen LogP contribution in [0.4, 0.5) is 0 Å². The predicted octanol–water partition coefficient (Wildman–Crippen LogP) is 3.39. The Bertz CT molecular complexity index is 424. The van der Waals surface area contributed by atoms with Gasteiger partial charge < -0.3 is 14.8 Å². The van der Waals surface area contributed by atoms with Crippen LogP contribution in [0.3, 0.4) is 0 Å². The molecule has 0 aromatic heterocycles. The third-order valence-corrected chi connectivity index (χ3v) is 3.50. The summed E-state index contributed by atoms with van der Waals surface area (Å²) in [4.78, 5) is 12.0. The number of nitrogens with one attached hydrogen (secondary N) is 1. The van der Waals surface area contributed by atoms with Gasteiger partial charge in [0.15, 0.2) is 0 Å². The number of amides is 1. The number of halogens is 1. The van der Waals surface area contributed by atoms with Crippen LogP contribution in [0, 0.1) is 0 Å². The number of hydrogen-bond acceptors (Lipinski definition) is 3. The molecule has 0 fully saturated rings. The van der Waals surface area contributed by atoms with Gasteiger partial charge in [0, 0.05) is 24.2 Å². The second kappa shape index (κ2) is 9.77. The lowest BCUT2D eigenvalue weighted by atomic mass is 10.2. The van der Waals surface area contributed by atoms with Gasteiger partial charge in [-0.1, -0.05) is 13.3 Å². The Morgan fingerprint density at radius 1 is 1.30 bits per heavy atom. The lowest BCUT2D eigenvalue weighted by Gasteiger charge is -2.09. The van der Waals surface area contributed by atoms with Crippen LogP contribution in [0.15, 0.2) is 22.7 Å². The molecule has 4 nitrogen and oxygen atoms in total. The Morgan fingerprint density at radius 3 is 2.75 bits per heavy atom. The van der Waals surface area contributed by atoms with E-state index < -0.39 is 0 Å². The van der Waals surface area contributed by atoms with E-state index in [1.54, 1.807) is 13.2 Å². The van der Waals surface area contributed by atoms with Gasteiger partial charge in [0.25, 0.3) is 5.91 Å². The summed E-state index contributed by atoms with van der Waals surface area (Å²) in [6.45, 7) is 4.22. The molecule has 0 heterocycles. The smallest absolute Gasteiger partial charge is 0.252 e. The minimum absolute atomic E-state index is 0.107. The van der Waals surface area contributed by atoms with Crippen LogP contribution in [-0.4, -0.2) is 32.8 Å². The van der Waals surface area contributed by atoms with Crippen LogP contribution < -0.4 is 10.1 Å². The minimum atomic E-state index is -0.107. The lowest BCUT2D eigenvalue weighted by Crippen LogP contribution is -2.25. The van der Waals surface area contributed by atoms with Crippen molar-refractivity contribution in [3.05, 3.63) is 28.2 Å². The lowest BCUT2D eigenvalue weighted by molar-refractivity contribution is 0.0939. The van der Waals surface area contributed by atoms with E-state index in [0.717, 1.165) is 30.3 Å². The van der Waals surface area contributed by atoms with Crippen molar-refractivity contribution in [3.8, 4) is 5.75 Å². The highest BCUT2D eigenvalue weighted by molar-refractivity contribution is 9.10. The highest BCUT2D eigenvalue weighted by Gasteiger charge is 2.10. The third kappa shape index (κ3) is 5.92. The Morgan fingerprint density at radius 2 is 2.05 bits per heavy atom. The van der Waals surface area contributed by atoms with Crippen LogP contribution in [0.2, 0.25) is 0 Å². The molecule has 0 unspecified atom stereocenters. The first-order valence-corrected chi connectivity index (χ1v) is 7.67. The second-order valence-electron chi connectivity index (χ2n) is 4.42. The van der Waals surface area contributed by atoms with E-state index in [2.05, 4.69) is 28.2 Å². The average Bonchev–Trinajstić information content (AvgIpc) is 2.46. The van der Waals surface area contributed by atoms with Crippen molar-refractivity contribution in [1.29, 1.82) is 0 Å². The largest absolute Gasteiger partial charge is 0.497 e. The van der Waals surface area contributed by atoms with Crippen LogP contribution >= 0.6 is 15.9 Å². The molecular weight excluding hydrogens is 322 g/mol. The van der Waals surface area contributed by atoms with Crippen LogP contribution in [-0.2, 0) is 4.74 Å². The first kappa shape index (κ1) is 17.0. The van der Waals surface area contributed by atoms with Crippen molar-refractivity contribution in [3.63, 3.8) is 0 Å². The third-order valence-electron chi connectivity index (χ3n) is 2.81. The Labute approximate surface area is 129 Å². The quantitative estimate of drug-likeness (QED) is 0.699. The van der Waals surface area contributed by atoms with Gasteiger partial charge in [-0.2, -0.15) is 0 Å². The van der Waals surface area contributed by atoms with Crippen molar-refractivity contribution in [2.75, 3.05) is 26.9 Å². The molecule has 20 heavy (non-hydrogen) atoms. The molecule has 0 saturated heterocycles. The SMILES string of the molecule is CCCCOCCCNC(=O)c1cc(OC)ccc1Br. The van der Waals surface area contributed by atoms with E-state index in [-0.39, 0.29) is 5.91 Å². The van der Waals surface area contributed by atoms with Crippen molar-refractivity contribution in [1.82, 2.24) is 5.32 Å². The normalized spacial score (nSPS) is 10.3. The Balaban J connectivity index is 2.32. The van der Waals surface area contributed by atoms with E-state index in [1.807, 2.05) is 12.1 Å². The molecule has 1 aromatic carbocycles. The summed E-state index contributed by atoms with van der Waals surface area (Å²) in [7, 11) is 1.58. The Kier molecular flexibility index (Phi) is 8.30. The average molecular weight is 344 g/mol. The number of methoxy groups -OCH3 is 1. The molecule has 0 aliphatic carbocycles. The fourth-order valence-corrected chi connectivity index (χ4v) is 2.05. The highest BCUT2D eigenvalue weighted by Crippen LogP contribution is 2.22. The number of hydrogen-bond donors (Lipinski definition) is 1. The zero-order chi connectivity index (χ0) is 14.8. The number of carbonyl (C=O) groups excluding carboxylic acids is 1. The first-order chi connectivity index (χ1) is 9.69. The minimum Gasteiger partial charge on any atom is -0.497 e. The molecule has 0 spiro atoms. The van der Waals surface area contributed by atoms with E-state index in [4.69, 9.17) is 9.47 Å². The Hall–Kier alpha value is -1.07. The molecule has 112 valence electrons. The summed E-state index contributed by atoms with van der Waals surface area (Å²) in [6, 6.07) is 5.33. The van der Waals surface area contributed by atoms with Gasteiger partial charge in [-0.25, -0.2) is 0 Å². The summed E-state index contributed by atoms with van der Waals surface area (Å²) in [5, 5.41) is 2.88. The fraction of sp³-hybridized carbons (Fsp3) is 0.533. The maximum Gasteiger partial charge on any atom is 0.252 e.